The summed E-state index contributed by atoms with van der Waals surface area (Å²) in [7, 11) is 0. The lowest BCUT2D eigenvalue weighted by molar-refractivity contribution is 1.17. The highest BCUT2D eigenvalue weighted by Crippen LogP contribution is 2.41. The molecule has 0 saturated carbocycles. The average molecular weight is 1200 g/mol. The summed E-state index contributed by atoms with van der Waals surface area (Å²) in [4.78, 5) is 2.36. The minimum absolute atomic E-state index is 0.787. The van der Waals surface area contributed by atoms with Crippen molar-refractivity contribution in [2.45, 2.75) is 0 Å². The Balaban J connectivity index is 0.000000145. The minimum Gasteiger partial charge on any atom is -0.399 e. The van der Waals surface area contributed by atoms with Crippen molar-refractivity contribution in [1.29, 1.82) is 0 Å². The van der Waals surface area contributed by atoms with Crippen molar-refractivity contribution in [2.75, 3.05) is 10.6 Å². The fourth-order valence-electron chi connectivity index (χ4n) is 12.9. The van der Waals surface area contributed by atoms with Crippen LogP contribution in [0, 0.1) is 0 Å². The van der Waals surface area contributed by atoms with Gasteiger partial charge in [-0.25, -0.2) is 0 Å². The molecule has 422 valence electrons. The van der Waals surface area contributed by atoms with E-state index in [1.807, 2.05) is 12.1 Å². The Kier molecular flexibility index (Phi) is 14.6. The maximum Gasteiger partial charge on any atom is 0.0541 e. The second-order valence-electron chi connectivity index (χ2n) is 22.4. The van der Waals surface area contributed by atoms with E-state index in [0.717, 1.165) is 38.6 Å². The molecule has 0 saturated heterocycles. The number of nitrogens with zero attached hydrogens (tertiary/aromatic N) is 3. The molecule has 0 aliphatic heterocycles. The van der Waals surface area contributed by atoms with E-state index < -0.39 is 0 Å². The first-order valence-corrected chi connectivity index (χ1v) is 30.9. The molecule has 89 heavy (non-hydrogen) atoms. The first-order chi connectivity index (χ1) is 44.0. The highest BCUT2D eigenvalue weighted by Gasteiger charge is 2.18. The Labute approximate surface area is 526 Å². The molecule has 15 aromatic carbocycles. The second kappa shape index (κ2) is 23.9. The number of nitrogens with two attached hydrogens (primary N) is 1. The van der Waals surface area contributed by atoms with E-state index in [1.54, 1.807) is 0 Å². The topological polar surface area (TPSA) is 39.1 Å². The molecular weight excluding hydrogens is 1140 g/mol. The normalized spacial score (nSPS) is 11.2. The van der Waals surface area contributed by atoms with Crippen molar-refractivity contribution in [1.82, 2.24) is 9.13 Å². The predicted octanol–water partition coefficient (Wildman–Crippen LogP) is 23.5. The molecule has 0 amide bonds. The van der Waals surface area contributed by atoms with Gasteiger partial charge in [-0.2, -0.15) is 0 Å². The van der Waals surface area contributed by atoms with Crippen LogP contribution in [0.5, 0.6) is 0 Å². The average Bonchev–Trinajstić information content (AvgIpc) is 2.37. The van der Waals surface area contributed by atoms with Crippen molar-refractivity contribution in [3.63, 3.8) is 0 Å². The van der Waals surface area contributed by atoms with Crippen LogP contribution >= 0.6 is 15.9 Å². The number of anilines is 4. The maximum absolute atomic E-state index is 5.80. The number of fused-ring (bicyclic) bond motifs is 9. The molecule has 0 radical (unpaired) electrons. The molecule has 0 bridgehead atoms. The van der Waals surface area contributed by atoms with E-state index in [2.05, 4.69) is 364 Å². The number of hydrogen-bond acceptors (Lipinski definition) is 2. The Morgan fingerprint density at radius 3 is 0.831 bits per heavy atom. The highest BCUT2D eigenvalue weighted by atomic mass is 79.9. The summed E-state index contributed by atoms with van der Waals surface area (Å²) in [5, 5.41) is 12.7. The van der Waals surface area contributed by atoms with Crippen LogP contribution in [-0.2, 0) is 0 Å². The number of benzene rings is 15. The number of para-hydroxylation sites is 4. The standard InChI is InChI=1S/C50H34N2.C18H14N2.C16H11Br/c1-3-15-43-35(11-1)13-9-19-45(43)37-23-27-39(28-24-37)51(40-29-25-38(26-30-40)46-20-10-14-36-12-2-4-16-44(36)46)41-31-33-42(34-32-41)52-49-21-7-5-17-47(49)48-18-6-8-22-50(48)52;19-13-9-11-14(12-10-13)20-17-7-3-1-5-15(17)16-6-2-4-8-18(16)20;17-14-10-8-13(9-11-14)16-7-3-5-12-4-1-2-6-15(12)16/h1-34H;1-12H,19H2;1-11H. The van der Waals surface area contributed by atoms with E-state index in [9.17, 15) is 0 Å². The lowest BCUT2D eigenvalue weighted by atomic mass is 9.97. The third kappa shape index (κ3) is 10.5. The van der Waals surface area contributed by atoms with Gasteiger partial charge in [-0.15, -0.1) is 0 Å². The monoisotopic (exact) mass is 1200 g/mol. The van der Waals surface area contributed by atoms with Crippen LogP contribution in [0.4, 0.5) is 22.7 Å². The van der Waals surface area contributed by atoms with Crippen LogP contribution < -0.4 is 10.6 Å². The zero-order valence-corrected chi connectivity index (χ0v) is 50.3. The molecule has 0 atom stereocenters. The molecule has 0 fully saturated rings. The molecule has 0 aliphatic rings. The van der Waals surface area contributed by atoms with Gasteiger partial charge < -0.3 is 19.8 Å². The Hall–Kier alpha value is -11.2. The third-order valence-corrected chi connectivity index (χ3v) is 17.6. The largest absolute Gasteiger partial charge is 0.399 e. The molecule has 17 aromatic rings. The molecule has 0 unspecified atom stereocenters. The predicted molar refractivity (Wildman–Crippen MR) is 384 cm³/mol. The molecule has 0 spiro atoms. The minimum atomic E-state index is 0.787. The van der Waals surface area contributed by atoms with Gasteiger partial charge in [-0.1, -0.05) is 253 Å². The maximum atomic E-state index is 5.80. The molecule has 2 heterocycles. The van der Waals surface area contributed by atoms with Gasteiger partial charge in [0.25, 0.3) is 0 Å². The molecule has 17 rings (SSSR count). The second-order valence-corrected chi connectivity index (χ2v) is 23.3. The third-order valence-electron chi connectivity index (χ3n) is 17.1. The molecule has 4 nitrogen and oxygen atoms in total. The summed E-state index contributed by atoms with van der Waals surface area (Å²) in [6.45, 7) is 0. The van der Waals surface area contributed by atoms with Gasteiger partial charge >= 0.3 is 0 Å². The summed E-state index contributed by atoms with van der Waals surface area (Å²) >= 11 is 3.47. The zero-order valence-electron chi connectivity index (χ0n) is 48.7. The van der Waals surface area contributed by atoms with E-state index in [0.29, 0.717) is 0 Å². The van der Waals surface area contributed by atoms with Crippen molar-refractivity contribution in [3.8, 4) is 44.8 Å². The van der Waals surface area contributed by atoms with Crippen LogP contribution in [0.25, 0.3) is 121 Å². The lowest BCUT2D eigenvalue weighted by Crippen LogP contribution is -2.10. The van der Waals surface area contributed by atoms with Crippen LogP contribution in [-0.4, -0.2) is 9.13 Å². The van der Waals surface area contributed by atoms with Crippen LogP contribution in [0.2, 0.25) is 0 Å². The summed E-state index contributed by atoms with van der Waals surface area (Å²) in [5.41, 5.74) is 24.5. The molecule has 5 heteroatoms. The highest BCUT2D eigenvalue weighted by molar-refractivity contribution is 9.10. The van der Waals surface area contributed by atoms with Gasteiger partial charge in [0, 0.05) is 60.1 Å². The van der Waals surface area contributed by atoms with Gasteiger partial charge in [0.15, 0.2) is 0 Å². The smallest absolute Gasteiger partial charge is 0.0541 e. The molecular formula is C84H59BrN4. The number of halogens is 1. The molecule has 2 N–H and O–H groups in total. The van der Waals surface area contributed by atoms with E-state index in [-0.39, 0.29) is 0 Å². The number of aromatic nitrogens is 2. The molecule has 0 aliphatic carbocycles. The van der Waals surface area contributed by atoms with Crippen LogP contribution in [0.15, 0.2) is 350 Å². The lowest BCUT2D eigenvalue weighted by Gasteiger charge is -2.26. The van der Waals surface area contributed by atoms with Crippen molar-refractivity contribution < 1.29 is 0 Å². The van der Waals surface area contributed by atoms with Gasteiger partial charge in [0.2, 0.25) is 0 Å². The summed E-state index contributed by atoms with van der Waals surface area (Å²) < 4.78 is 5.77. The van der Waals surface area contributed by atoms with E-state index in [4.69, 9.17) is 5.73 Å². The quantitative estimate of drug-likeness (QED) is 0.154. The Bertz CT molecular complexity index is 5130. The van der Waals surface area contributed by atoms with Crippen LogP contribution in [0.1, 0.15) is 0 Å². The first kappa shape index (κ1) is 54.4. The zero-order chi connectivity index (χ0) is 59.6. The molecule has 2 aromatic heterocycles. The van der Waals surface area contributed by atoms with Gasteiger partial charge in [-0.3, -0.25) is 0 Å². The van der Waals surface area contributed by atoms with Crippen molar-refractivity contribution in [3.05, 3.63) is 350 Å². The number of rotatable bonds is 8. The summed E-state index contributed by atoms with van der Waals surface area (Å²) in [6, 6.07) is 123. The summed E-state index contributed by atoms with van der Waals surface area (Å²) in [5.74, 6) is 0. The summed E-state index contributed by atoms with van der Waals surface area (Å²) in [6.07, 6.45) is 0. The Morgan fingerprint density at radius 1 is 0.236 bits per heavy atom. The first-order valence-electron chi connectivity index (χ1n) is 30.1. The van der Waals surface area contributed by atoms with Crippen LogP contribution in [0.3, 0.4) is 0 Å². The van der Waals surface area contributed by atoms with E-state index in [1.165, 1.54) is 109 Å². The fraction of sp³-hybridized carbons (Fsp3) is 0. The van der Waals surface area contributed by atoms with Gasteiger partial charge in [0.05, 0.1) is 22.1 Å². The van der Waals surface area contributed by atoms with Crippen molar-refractivity contribution >= 4 is 115 Å². The van der Waals surface area contributed by atoms with Gasteiger partial charge in [0.1, 0.15) is 0 Å². The fourth-order valence-corrected chi connectivity index (χ4v) is 13.1. The number of nitrogen functional groups attached to an aromatic ring is 1. The number of hydrogen-bond donors (Lipinski definition) is 1. The van der Waals surface area contributed by atoms with E-state index >= 15 is 0 Å². The SMILES string of the molecule is Brc1ccc(-c2cccc3ccccc23)cc1.Nc1ccc(-n2c3ccccc3c3ccccc32)cc1.c1ccc2c(-c3ccc(N(c4ccc(-c5cccc6ccccc56)cc4)c4ccc(-n5c6ccccc6c6ccccc65)cc4)cc3)cccc2c1. The Morgan fingerprint density at radius 2 is 0.494 bits per heavy atom. The van der Waals surface area contributed by atoms with Gasteiger partial charge in [-0.05, 0) is 175 Å². The van der Waals surface area contributed by atoms with Crippen molar-refractivity contribution in [2.24, 2.45) is 0 Å².